The van der Waals surface area contributed by atoms with Crippen LogP contribution in [0.2, 0.25) is 0 Å². The highest BCUT2D eigenvalue weighted by atomic mass is 32.2. The second kappa shape index (κ2) is 8.41. The van der Waals surface area contributed by atoms with Crippen molar-refractivity contribution in [1.82, 2.24) is 15.4 Å². The molecule has 0 aromatic heterocycles. The number of rotatable bonds is 6. The average molecular weight is 357 g/mol. The van der Waals surface area contributed by atoms with Gasteiger partial charge in [0.15, 0.2) is 6.10 Å². The van der Waals surface area contributed by atoms with Gasteiger partial charge in [-0.2, -0.15) is 0 Å². The third kappa shape index (κ3) is 5.32. The summed E-state index contributed by atoms with van der Waals surface area (Å²) in [5.74, 6) is -1.69. The maximum absolute atomic E-state index is 12.0. The van der Waals surface area contributed by atoms with E-state index in [1.54, 1.807) is 6.92 Å². The van der Waals surface area contributed by atoms with E-state index < -0.39 is 34.0 Å². The summed E-state index contributed by atoms with van der Waals surface area (Å²) in [5, 5.41) is 4.37. The zero-order chi connectivity index (χ0) is 18.3. The maximum atomic E-state index is 12.0. The Morgan fingerprint density at radius 3 is 2.50 bits per heavy atom. The number of benzene rings is 1. The number of hydrogen-bond acceptors (Lipinski definition) is 6. The zero-order valence-electron chi connectivity index (χ0n) is 13.5. The van der Waals surface area contributed by atoms with Gasteiger partial charge < -0.3 is 10.1 Å². The number of urea groups is 1. The lowest BCUT2D eigenvalue weighted by molar-refractivity contribution is -0.127. The lowest BCUT2D eigenvalue weighted by Gasteiger charge is -2.13. The van der Waals surface area contributed by atoms with E-state index in [2.05, 4.69) is 10.0 Å². The number of nitrogens with one attached hydrogen (secondary N) is 3. The SMILES string of the molecule is CCNC(=O)NC(=O)[C@H](C)OC(=O)c1cccc(S(=O)(=O)NC)c1. The summed E-state index contributed by atoms with van der Waals surface area (Å²) in [6.07, 6.45) is -1.23. The molecule has 0 heterocycles. The van der Waals surface area contributed by atoms with E-state index in [1.165, 1.54) is 32.2 Å². The smallest absolute Gasteiger partial charge is 0.338 e. The fourth-order valence-electron chi connectivity index (χ4n) is 1.61. The quantitative estimate of drug-likeness (QED) is 0.614. The van der Waals surface area contributed by atoms with Crippen molar-refractivity contribution in [3.63, 3.8) is 0 Å². The zero-order valence-corrected chi connectivity index (χ0v) is 14.3. The summed E-state index contributed by atoms with van der Waals surface area (Å²) in [4.78, 5) is 34.9. The first-order chi connectivity index (χ1) is 11.2. The van der Waals surface area contributed by atoms with Gasteiger partial charge >= 0.3 is 12.0 Å². The molecule has 0 bridgehead atoms. The van der Waals surface area contributed by atoms with E-state index in [9.17, 15) is 22.8 Å². The molecular weight excluding hydrogens is 338 g/mol. The summed E-state index contributed by atoms with van der Waals surface area (Å²) in [5.41, 5.74) is -0.0380. The molecule has 3 N–H and O–H groups in total. The molecule has 0 fully saturated rings. The van der Waals surface area contributed by atoms with E-state index >= 15 is 0 Å². The maximum Gasteiger partial charge on any atom is 0.338 e. The van der Waals surface area contributed by atoms with Crippen molar-refractivity contribution in [1.29, 1.82) is 0 Å². The third-order valence-corrected chi connectivity index (χ3v) is 4.29. The largest absolute Gasteiger partial charge is 0.449 e. The van der Waals surface area contributed by atoms with Crippen molar-refractivity contribution in [2.24, 2.45) is 0 Å². The Labute approximate surface area is 139 Å². The fourth-order valence-corrected chi connectivity index (χ4v) is 2.38. The first-order valence-electron chi connectivity index (χ1n) is 7.04. The van der Waals surface area contributed by atoms with Gasteiger partial charge in [-0.05, 0) is 39.1 Å². The number of esters is 1. The van der Waals surface area contributed by atoms with Crippen LogP contribution in [0, 0.1) is 0 Å². The van der Waals surface area contributed by atoms with Crippen LogP contribution in [0.25, 0.3) is 0 Å². The molecule has 24 heavy (non-hydrogen) atoms. The summed E-state index contributed by atoms with van der Waals surface area (Å²) in [6, 6.07) is 4.47. The van der Waals surface area contributed by atoms with Crippen molar-refractivity contribution in [2.75, 3.05) is 13.6 Å². The lowest BCUT2D eigenvalue weighted by atomic mass is 10.2. The first kappa shape index (κ1) is 19.6. The minimum atomic E-state index is -3.71. The molecule has 9 nitrogen and oxygen atoms in total. The minimum Gasteiger partial charge on any atom is -0.449 e. The molecule has 1 aromatic carbocycles. The number of sulfonamides is 1. The molecule has 1 rings (SSSR count). The predicted molar refractivity (Wildman–Crippen MR) is 84.8 cm³/mol. The van der Waals surface area contributed by atoms with Gasteiger partial charge in [-0.1, -0.05) is 6.07 Å². The Kier molecular flexibility index (Phi) is 6.86. The average Bonchev–Trinajstić information content (AvgIpc) is 2.54. The summed E-state index contributed by atoms with van der Waals surface area (Å²) >= 11 is 0. The Morgan fingerprint density at radius 2 is 1.92 bits per heavy atom. The van der Waals surface area contributed by atoms with Gasteiger partial charge in [0.1, 0.15) is 0 Å². The van der Waals surface area contributed by atoms with Crippen LogP contribution in [0.4, 0.5) is 4.79 Å². The number of ether oxygens (including phenoxy) is 1. The first-order valence-corrected chi connectivity index (χ1v) is 8.52. The van der Waals surface area contributed by atoms with Crippen molar-refractivity contribution < 1.29 is 27.5 Å². The van der Waals surface area contributed by atoms with Gasteiger partial charge in [-0.25, -0.2) is 22.7 Å². The minimum absolute atomic E-state index is 0.0380. The van der Waals surface area contributed by atoms with E-state index in [-0.39, 0.29) is 10.5 Å². The van der Waals surface area contributed by atoms with E-state index in [4.69, 9.17) is 4.74 Å². The van der Waals surface area contributed by atoms with E-state index in [0.717, 1.165) is 6.07 Å². The van der Waals surface area contributed by atoms with Crippen molar-refractivity contribution >= 4 is 27.9 Å². The summed E-state index contributed by atoms with van der Waals surface area (Å²) < 4.78 is 30.5. The molecule has 0 aliphatic heterocycles. The van der Waals surface area contributed by atoms with Crippen LogP contribution in [0.1, 0.15) is 24.2 Å². The highest BCUT2D eigenvalue weighted by Crippen LogP contribution is 2.12. The van der Waals surface area contributed by atoms with Gasteiger partial charge in [0, 0.05) is 6.54 Å². The molecular formula is C14H19N3O6S. The topological polar surface area (TPSA) is 131 Å². The molecule has 3 amide bonds. The molecule has 0 saturated carbocycles. The van der Waals surface area contributed by atoms with Crippen LogP contribution in [0.5, 0.6) is 0 Å². The van der Waals surface area contributed by atoms with Crippen LogP contribution in [-0.2, 0) is 19.6 Å². The van der Waals surface area contributed by atoms with Crippen molar-refractivity contribution in [3.05, 3.63) is 29.8 Å². The van der Waals surface area contributed by atoms with Gasteiger partial charge in [-0.3, -0.25) is 10.1 Å². The highest BCUT2D eigenvalue weighted by molar-refractivity contribution is 7.89. The highest BCUT2D eigenvalue weighted by Gasteiger charge is 2.21. The molecule has 10 heteroatoms. The van der Waals surface area contributed by atoms with Gasteiger partial charge in [0.2, 0.25) is 10.0 Å². The molecule has 0 spiro atoms. The monoisotopic (exact) mass is 357 g/mol. The van der Waals surface area contributed by atoms with Crippen LogP contribution >= 0.6 is 0 Å². The molecule has 0 saturated heterocycles. The molecule has 0 unspecified atom stereocenters. The van der Waals surface area contributed by atoms with E-state index in [0.29, 0.717) is 6.54 Å². The second-order valence-electron chi connectivity index (χ2n) is 4.63. The number of carbonyl (C=O) groups is 3. The lowest BCUT2D eigenvalue weighted by Crippen LogP contribution is -2.44. The Hall–Kier alpha value is -2.46. The van der Waals surface area contributed by atoms with Gasteiger partial charge in [-0.15, -0.1) is 0 Å². The molecule has 1 atom stereocenters. The number of imide groups is 1. The second-order valence-corrected chi connectivity index (χ2v) is 6.52. The van der Waals surface area contributed by atoms with Crippen molar-refractivity contribution in [3.8, 4) is 0 Å². The normalized spacial score (nSPS) is 12.1. The number of amides is 3. The number of carbonyl (C=O) groups excluding carboxylic acids is 3. The standard InChI is InChI=1S/C14H19N3O6S/c1-4-16-14(20)17-12(18)9(2)23-13(19)10-6-5-7-11(8-10)24(21,22)15-3/h5-9,15H,4H2,1-3H3,(H2,16,17,18,20)/t9-/m0/s1. The van der Waals surface area contributed by atoms with E-state index in [1.807, 2.05) is 5.32 Å². The van der Waals surface area contributed by atoms with Crippen LogP contribution in [-0.4, -0.2) is 46.0 Å². The van der Waals surface area contributed by atoms with Crippen LogP contribution < -0.4 is 15.4 Å². The number of hydrogen-bond donors (Lipinski definition) is 3. The third-order valence-electron chi connectivity index (χ3n) is 2.88. The molecule has 0 aliphatic carbocycles. The van der Waals surface area contributed by atoms with Crippen LogP contribution in [0.15, 0.2) is 29.2 Å². The predicted octanol–water partition coefficient (Wildman–Crippen LogP) is -0.0143. The Morgan fingerprint density at radius 1 is 1.25 bits per heavy atom. The van der Waals surface area contributed by atoms with Crippen LogP contribution in [0.3, 0.4) is 0 Å². The fraction of sp³-hybridized carbons (Fsp3) is 0.357. The molecule has 132 valence electrons. The molecule has 0 aliphatic rings. The van der Waals surface area contributed by atoms with Gasteiger partial charge in [0.25, 0.3) is 5.91 Å². The summed E-state index contributed by atoms with van der Waals surface area (Å²) in [6.45, 7) is 3.31. The van der Waals surface area contributed by atoms with Gasteiger partial charge in [0.05, 0.1) is 10.5 Å². The Bertz CT molecular complexity index is 732. The summed E-state index contributed by atoms with van der Waals surface area (Å²) in [7, 11) is -2.47. The molecule has 0 radical (unpaired) electrons. The van der Waals surface area contributed by atoms with Crippen molar-refractivity contribution in [2.45, 2.75) is 24.8 Å². The molecule has 1 aromatic rings. The Balaban J connectivity index is 2.79.